The van der Waals surface area contributed by atoms with Crippen molar-refractivity contribution in [3.8, 4) is 0 Å². The van der Waals surface area contributed by atoms with Gasteiger partial charge in [0, 0.05) is 12.0 Å². The fourth-order valence-corrected chi connectivity index (χ4v) is 1.96. The molecule has 1 N–H and O–H groups in total. The topological polar surface area (TPSA) is 37.3 Å². The van der Waals surface area contributed by atoms with Gasteiger partial charge in [-0.2, -0.15) is 0 Å². The number of carbonyl (C=O) groups is 1. The van der Waals surface area contributed by atoms with Gasteiger partial charge in [-0.05, 0) is 37.3 Å². The Morgan fingerprint density at radius 3 is 3.17 bits per heavy atom. The Kier molecular flexibility index (Phi) is 1.75. The molecule has 1 atom stereocenters. The largest absolute Gasteiger partial charge is 0.508 e. The smallest absolute Gasteiger partial charge is 0.159 e. The van der Waals surface area contributed by atoms with Gasteiger partial charge in [0.25, 0.3) is 0 Å². The summed E-state index contributed by atoms with van der Waals surface area (Å²) in [7, 11) is 0. The Balaban J connectivity index is 2.29. The third-order valence-electron chi connectivity index (χ3n) is 2.63. The molecule has 0 amide bonds. The number of aliphatic hydroxyl groups is 1. The first-order valence-electron chi connectivity index (χ1n) is 4.41. The van der Waals surface area contributed by atoms with Gasteiger partial charge >= 0.3 is 0 Å². The minimum absolute atomic E-state index is 0.228. The van der Waals surface area contributed by atoms with Gasteiger partial charge in [-0.1, -0.05) is 0 Å². The predicted octanol–water partition coefficient (Wildman–Crippen LogP) is 2.13. The summed E-state index contributed by atoms with van der Waals surface area (Å²) in [6, 6.07) is 0. The molecule has 1 fully saturated rings. The molecule has 0 aliphatic heterocycles. The number of rotatable bonds is 0. The summed E-state index contributed by atoms with van der Waals surface area (Å²) < 4.78 is 0. The summed E-state index contributed by atoms with van der Waals surface area (Å²) in [6.07, 6.45) is 7.04. The SMILES string of the molecule is O=C1CCCC2CC=C(O)C=C12. The van der Waals surface area contributed by atoms with E-state index in [1.807, 2.05) is 0 Å². The van der Waals surface area contributed by atoms with Gasteiger partial charge in [-0.15, -0.1) is 0 Å². The van der Waals surface area contributed by atoms with Crippen molar-refractivity contribution >= 4 is 5.78 Å². The standard InChI is InChI=1S/C10H12O2/c11-8-5-4-7-2-1-3-10(12)9(7)6-8/h5-7,11H,1-4H2. The summed E-state index contributed by atoms with van der Waals surface area (Å²) in [4.78, 5) is 11.4. The Labute approximate surface area is 71.6 Å². The zero-order chi connectivity index (χ0) is 8.55. The van der Waals surface area contributed by atoms with E-state index in [4.69, 9.17) is 0 Å². The summed E-state index contributed by atoms with van der Waals surface area (Å²) in [5.41, 5.74) is 0.848. The highest BCUT2D eigenvalue weighted by atomic mass is 16.3. The van der Waals surface area contributed by atoms with Crippen LogP contribution in [-0.4, -0.2) is 10.9 Å². The summed E-state index contributed by atoms with van der Waals surface area (Å²) in [5.74, 6) is 0.879. The maximum atomic E-state index is 11.4. The molecular weight excluding hydrogens is 152 g/mol. The first kappa shape index (κ1) is 7.59. The van der Waals surface area contributed by atoms with Crippen molar-refractivity contribution < 1.29 is 9.90 Å². The average molecular weight is 164 g/mol. The molecule has 0 aromatic heterocycles. The van der Waals surface area contributed by atoms with E-state index in [9.17, 15) is 9.90 Å². The molecule has 1 saturated carbocycles. The Morgan fingerprint density at radius 1 is 1.50 bits per heavy atom. The van der Waals surface area contributed by atoms with Crippen molar-refractivity contribution in [2.75, 3.05) is 0 Å². The molecule has 0 spiro atoms. The first-order chi connectivity index (χ1) is 5.77. The molecule has 0 heterocycles. The molecule has 1 unspecified atom stereocenters. The number of hydrogen-bond donors (Lipinski definition) is 1. The van der Waals surface area contributed by atoms with E-state index in [1.54, 1.807) is 12.2 Å². The maximum Gasteiger partial charge on any atom is 0.159 e. The lowest BCUT2D eigenvalue weighted by atomic mass is 9.79. The van der Waals surface area contributed by atoms with Crippen molar-refractivity contribution in [3.63, 3.8) is 0 Å². The molecule has 64 valence electrons. The van der Waals surface area contributed by atoms with Gasteiger partial charge in [0.2, 0.25) is 0 Å². The average Bonchev–Trinajstić information content (AvgIpc) is 2.07. The number of Topliss-reactive ketones (excluding diaryl/α,β-unsaturated/α-hetero) is 1. The van der Waals surface area contributed by atoms with Gasteiger partial charge in [0.05, 0.1) is 0 Å². The van der Waals surface area contributed by atoms with Crippen LogP contribution in [0.1, 0.15) is 25.7 Å². The van der Waals surface area contributed by atoms with Gasteiger partial charge < -0.3 is 5.11 Å². The number of carbonyl (C=O) groups excluding carboxylic acids is 1. The molecule has 2 rings (SSSR count). The highest BCUT2D eigenvalue weighted by Gasteiger charge is 2.26. The molecule has 0 radical (unpaired) electrons. The van der Waals surface area contributed by atoms with Crippen LogP contribution in [0.3, 0.4) is 0 Å². The Hall–Kier alpha value is -1.05. The fourth-order valence-electron chi connectivity index (χ4n) is 1.96. The highest BCUT2D eigenvalue weighted by molar-refractivity contribution is 5.97. The summed E-state index contributed by atoms with van der Waals surface area (Å²) in [5, 5.41) is 9.20. The van der Waals surface area contributed by atoms with E-state index in [0.29, 0.717) is 12.3 Å². The second-order valence-corrected chi connectivity index (χ2v) is 3.48. The van der Waals surface area contributed by atoms with Gasteiger partial charge in [-0.3, -0.25) is 4.79 Å². The zero-order valence-electron chi connectivity index (χ0n) is 6.92. The molecule has 0 bridgehead atoms. The van der Waals surface area contributed by atoms with Gasteiger partial charge in [0.1, 0.15) is 5.76 Å². The lowest BCUT2D eigenvalue weighted by Crippen LogP contribution is -2.20. The van der Waals surface area contributed by atoms with E-state index in [1.165, 1.54) is 0 Å². The molecule has 12 heavy (non-hydrogen) atoms. The van der Waals surface area contributed by atoms with E-state index < -0.39 is 0 Å². The third-order valence-corrected chi connectivity index (χ3v) is 2.63. The Morgan fingerprint density at radius 2 is 2.33 bits per heavy atom. The third kappa shape index (κ3) is 1.17. The van der Waals surface area contributed by atoms with E-state index in [2.05, 4.69) is 0 Å². The molecular formula is C10H12O2. The van der Waals surface area contributed by atoms with E-state index >= 15 is 0 Å². The number of ketones is 1. The van der Waals surface area contributed by atoms with Crippen molar-refractivity contribution in [2.45, 2.75) is 25.7 Å². The molecule has 2 heteroatoms. The second-order valence-electron chi connectivity index (χ2n) is 3.48. The molecule has 0 aromatic carbocycles. The summed E-state index contributed by atoms with van der Waals surface area (Å²) >= 11 is 0. The monoisotopic (exact) mass is 164 g/mol. The predicted molar refractivity (Wildman–Crippen MR) is 45.8 cm³/mol. The molecule has 0 aromatic rings. The second kappa shape index (κ2) is 2.77. The number of aliphatic hydroxyl groups excluding tert-OH is 1. The molecule has 2 aliphatic rings. The van der Waals surface area contributed by atoms with Crippen LogP contribution in [0.2, 0.25) is 0 Å². The quantitative estimate of drug-likeness (QED) is 0.595. The lowest BCUT2D eigenvalue weighted by Gasteiger charge is -2.25. The van der Waals surface area contributed by atoms with Crippen molar-refractivity contribution in [3.05, 3.63) is 23.5 Å². The van der Waals surface area contributed by atoms with Crippen LogP contribution in [0, 0.1) is 5.92 Å². The normalized spacial score (nSPS) is 29.0. The van der Waals surface area contributed by atoms with Crippen LogP contribution >= 0.6 is 0 Å². The van der Waals surface area contributed by atoms with Crippen LogP contribution in [0.25, 0.3) is 0 Å². The molecule has 2 aliphatic carbocycles. The lowest BCUT2D eigenvalue weighted by molar-refractivity contribution is -0.117. The van der Waals surface area contributed by atoms with Gasteiger partial charge in [-0.25, -0.2) is 0 Å². The molecule has 2 nitrogen and oxygen atoms in total. The summed E-state index contributed by atoms with van der Waals surface area (Å²) in [6.45, 7) is 0. The van der Waals surface area contributed by atoms with Crippen molar-refractivity contribution in [1.82, 2.24) is 0 Å². The first-order valence-corrected chi connectivity index (χ1v) is 4.41. The maximum absolute atomic E-state index is 11.4. The number of allylic oxidation sites excluding steroid dienone is 3. The number of fused-ring (bicyclic) bond motifs is 1. The van der Waals surface area contributed by atoms with Crippen LogP contribution in [0.4, 0.5) is 0 Å². The van der Waals surface area contributed by atoms with Crippen LogP contribution in [0.5, 0.6) is 0 Å². The van der Waals surface area contributed by atoms with Crippen molar-refractivity contribution in [1.29, 1.82) is 0 Å². The molecule has 0 saturated heterocycles. The highest BCUT2D eigenvalue weighted by Crippen LogP contribution is 2.33. The van der Waals surface area contributed by atoms with Crippen LogP contribution in [0.15, 0.2) is 23.5 Å². The minimum Gasteiger partial charge on any atom is -0.508 e. The van der Waals surface area contributed by atoms with E-state index in [-0.39, 0.29) is 11.5 Å². The minimum atomic E-state index is 0.228. The Bertz CT molecular complexity index is 274. The van der Waals surface area contributed by atoms with Crippen LogP contribution < -0.4 is 0 Å². The number of hydrogen-bond acceptors (Lipinski definition) is 2. The van der Waals surface area contributed by atoms with E-state index in [0.717, 1.165) is 24.8 Å². The fraction of sp³-hybridized carbons (Fsp3) is 0.500. The van der Waals surface area contributed by atoms with Crippen LogP contribution in [-0.2, 0) is 4.79 Å². The zero-order valence-corrected chi connectivity index (χ0v) is 6.92. The van der Waals surface area contributed by atoms with Crippen molar-refractivity contribution in [2.24, 2.45) is 5.92 Å². The van der Waals surface area contributed by atoms with Gasteiger partial charge in [0.15, 0.2) is 5.78 Å².